The molecular weight excluding hydrogens is 343 g/mol. The van der Waals surface area contributed by atoms with Gasteiger partial charge in [-0.2, -0.15) is 0 Å². The van der Waals surface area contributed by atoms with Crippen molar-refractivity contribution in [1.82, 2.24) is 4.90 Å². The molecule has 0 aliphatic carbocycles. The highest BCUT2D eigenvalue weighted by Gasteiger charge is 2.46. The molecule has 3 nitrogen and oxygen atoms in total. The number of likely N-dealkylation sites (tertiary alicyclic amines) is 1. The number of carbonyl (C=O) groups excluding carboxylic acids is 1. The van der Waals surface area contributed by atoms with Crippen LogP contribution < -0.4 is 4.74 Å². The number of rotatable bonds is 2. The molecule has 1 saturated heterocycles. The van der Waals surface area contributed by atoms with Gasteiger partial charge in [-0.05, 0) is 40.8 Å². The van der Waals surface area contributed by atoms with Gasteiger partial charge in [0, 0.05) is 5.56 Å². The van der Waals surface area contributed by atoms with Crippen LogP contribution >= 0.6 is 22.6 Å². The van der Waals surface area contributed by atoms with Crippen molar-refractivity contribution < 1.29 is 18.3 Å². The number of methoxy groups -OCH3 is 1. The van der Waals surface area contributed by atoms with Crippen LogP contribution in [-0.4, -0.2) is 36.9 Å². The average Bonchev–Trinajstić information content (AvgIpc) is 2.25. The van der Waals surface area contributed by atoms with Crippen molar-refractivity contribution in [3.05, 3.63) is 27.3 Å². The number of alkyl halides is 2. The Hall–Kier alpha value is -0.920. The van der Waals surface area contributed by atoms with Crippen LogP contribution in [0.4, 0.5) is 8.78 Å². The van der Waals surface area contributed by atoms with Gasteiger partial charge >= 0.3 is 0 Å². The maximum Gasteiger partial charge on any atom is 0.282 e. The lowest BCUT2D eigenvalue weighted by Gasteiger charge is -2.38. The summed E-state index contributed by atoms with van der Waals surface area (Å²) in [5.74, 6) is -2.54. The van der Waals surface area contributed by atoms with Crippen molar-refractivity contribution in [2.75, 3.05) is 20.2 Å². The lowest BCUT2D eigenvalue weighted by molar-refractivity contribution is -0.113. The van der Waals surface area contributed by atoms with Gasteiger partial charge in [0.25, 0.3) is 11.8 Å². The molecule has 1 heterocycles. The molecule has 17 heavy (non-hydrogen) atoms. The van der Waals surface area contributed by atoms with E-state index in [1.807, 2.05) is 0 Å². The van der Waals surface area contributed by atoms with Crippen LogP contribution in [0.5, 0.6) is 5.75 Å². The van der Waals surface area contributed by atoms with Crippen LogP contribution in [0.2, 0.25) is 0 Å². The van der Waals surface area contributed by atoms with Crippen molar-refractivity contribution in [3.63, 3.8) is 0 Å². The molecule has 1 aliphatic rings. The van der Waals surface area contributed by atoms with Gasteiger partial charge in [-0.1, -0.05) is 0 Å². The van der Waals surface area contributed by atoms with Crippen molar-refractivity contribution >= 4 is 28.5 Å². The highest BCUT2D eigenvalue weighted by atomic mass is 127. The summed E-state index contributed by atoms with van der Waals surface area (Å²) in [6, 6.07) is 4.91. The molecule has 0 saturated carbocycles. The third-order valence-electron chi connectivity index (χ3n) is 2.53. The minimum atomic E-state index is -2.73. The minimum Gasteiger partial charge on any atom is -0.496 e. The molecule has 1 aromatic rings. The largest absolute Gasteiger partial charge is 0.496 e. The van der Waals surface area contributed by atoms with E-state index in [-0.39, 0.29) is 5.91 Å². The van der Waals surface area contributed by atoms with Gasteiger partial charge in [0.2, 0.25) is 0 Å². The standard InChI is InChI=1S/C11H10F2INO2/c1-17-9-4-7(2-3-8(9)14)10(16)15-5-11(12,13)6-15/h2-4H,5-6H2,1H3. The maximum atomic E-state index is 12.7. The van der Waals surface area contributed by atoms with E-state index in [2.05, 4.69) is 22.6 Å². The van der Waals surface area contributed by atoms with E-state index in [0.717, 1.165) is 8.47 Å². The third-order valence-corrected chi connectivity index (χ3v) is 3.42. The summed E-state index contributed by atoms with van der Waals surface area (Å²) in [5.41, 5.74) is 0.373. The predicted molar refractivity (Wildman–Crippen MR) is 66.6 cm³/mol. The number of hydrogen-bond donors (Lipinski definition) is 0. The van der Waals surface area contributed by atoms with Gasteiger partial charge < -0.3 is 9.64 Å². The van der Waals surface area contributed by atoms with Gasteiger partial charge in [-0.25, -0.2) is 8.78 Å². The molecule has 6 heteroatoms. The Bertz CT molecular complexity index is 457. The normalized spacial score (nSPS) is 17.5. The van der Waals surface area contributed by atoms with Crippen LogP contribution in [-0.2, 0) is 0 Å². The van der Waals surface area contributed by atoms with Gasteiger partial charge in [0.15, 0.2) is 0 Å². The number of carbonyl (C=O) groups is 1. The molecule has 0 radical (unpaired) electrons. The van der Waals surface area contributed by atoms with E-state index in [4.69, 9.17) is 4.74 Å². The smallest absolute Gasteiger partial charge is 0.282 e. The van der Waals surface area contributed by atoms with Crippen LogP contribution in [0.15, 0.2) is 18.2 Å². The second-order valence-electron chi connectivity index (χ2n) is 3.87. The number of ether oxygens (including phenoxy) is 1. The summed E-state index contributed by atoms with van der Waals surface area (Å²) < 4.78 is 31.3. The zero-order valence-electron chi connectivity index (χ0n) is 9.04. The van der Waals surface area contributed by atoms with Gasteiger partial charge in [-0.3, -0.25) is 4.79 Å². The van der Waals surface area contributed by atoms with E-state index in [1.54, 1.807) is 18.2 Å². The van der Waals surface area contributed by atoms with Crippen molar-refractivity contribution in [1.29, 1.82) is 0 Å². The Labute approximate surface area is 111 Å². The van der Waals surface area contributed by atoms with Gasteiger partial charge in [0.1, 0.15) is 5.75 Å². The second-order valence-corrected chi connectivity index (χ2v) is 5.03. The molecule has 0 N–H and O–H groups in total. The lowest BCUT2D eigenvalue weighted by Crippen LogP contribution is -2.58. The maximum absolute atomic E-state index is 12.7. The first kappa shape index (κ1) is 12.5. The van der Waals surface area contributed by atoms with Gasteiger partial charge in [-0.15, -0.1) is 0 Å². The van der Waals surface area contributed by atoms with Crippen molar-refractivity contribution in [3.8, 4) is 5.75 Å². The molecule has 0 atom stereocenters. The summed E-state index contributed by atoms with van der Waals surface area (Å²) in [5, 5.41) is 0. The molecule has 0 spiro atoms. The first-order chi connectivity index (χ1) is 7.93. The Morgan fingerprint density at radius 3 is 2.65 bits per heavy atom. The number of amides is 1. The monoisotopic (exact) mass is 353 g/mol. The van der Waals surface area contributed by atoms with E-state index in [0.29, 0.717) is 11.3 Å². The fourth-order valence-electron chi connectivity index (χ4n) is 1.63. The van der Waals surface area contributed by atoms with Crippen molar-refractivity contribution in [2.24, 2.45) is 0 Å². The second kappa shape index (κ2) is 4.40. The van der Waals surface area contributed by atoms with Crippen LogP contribution in [0.3, 0.4) is 0 Å². The molecule has 1 amide bonds. The predicted octanol–water partition coefficient (Wildman–Crippen LogP) is 2.39. The zero-order valence-corrected chi connectivity index (χ0v) is 11.2. The number of halogens is 3. The summed E-state index contributed by atoms with van der Waals surface area (Å²) >= 11 is 2.08. The quantitative estimate of drug-likeness (QED) is 0.765. The molecule has 0 aromatic heterocycles. The molecule has 92 valence electrons. The first-order valence-corrected chi connectivity index (χ1v) is 6.01. The molecule has 1 aromatic carbocycles. The summed E-state index contributed by atoms with van der Waals surface area (Å²) in [7, 11) is 1.50. The van der Waals surface area contributed by atoms with E-state index in [1.165, 1.54) is 7.11 Å². The summed E-state index contributed by atoms with van der Waals surface area (Å²) in [6.45, 7) is -1.000. The number of nitrogens with zero attached hydrogens (tertiary/aromatic N) is 1. The lowest BCUT2D eigenvalue weighted by atomic mass is 10.1. The molecular formula is C11H10F2INO2. The van der Waals surface area contributed by atoms with Crippen molar-refractivity contribution in [2.45, 2.75) is 5.92 Å². The first-order valence-electron chi connectivity index (χ1n) is 4.93. The van der Waals surface area contributed by atoms with E-state index in [9.17, 15) is 13.6 Å². The van der Waals surface area contributed by atoms with E-state index < -0.39 is 19.0 Å². The summed E-state index contributed by atoms with van der Waals surface area (Å²) in [6.07, 6.45) is 0. The number of hydrogen-bond acceptors (Lipinski definition) is 2. The summed E-state index contributed by atoms with van der Waals surface area (Å²) in [4.78, 5) is 13.0. The Kier molecular flexibility index (Phi) is 3.24. The Balaban J connectivity index is 2.15. The highest BCUT2D eigenvalue weighted by Crippen LogP contribution is 2.29. The molecule has 1 fully saturated rings. The Morgan fingerprint density at radius 2 is 2.12 bits per heavy atom. The molecule has 1 aliphatic heterocycles. The average molecular weight is 353 g/mol. The SMILES string of the molecule is COc1cc(C(=O)N2CC(F)(F)C2)ccc1I. The molecule has 0 unspecified atom stereocenters. The highest BCUT2D eigenvalue weighted by molar-refractivity contribution is 14.1. The van der Waals surface area contributed by atoms with E-state index >= 15 is 0 Å². The minimum absolute atomic E-state index is 0.373. The fourth-order valence-corrected chi connectivity index (χ4v) is 2.19. The topological polar surface area (TPSA) is 29.5 Å². The zero-order chi connectivity index (χ0) is 12.6. The van der Waals surface area contributed by atoms with Crippen LogP contribution in [0.25, 0.3) is 0 Å². The molecule has 0 bridgehead atoms. The third kappa shape index (κ3) is 2.51. The van der Waals surface area contributed by atoms with Crippen LogP contribution in [0, 0.1) is 3.57 Å². The Morgan fingerprint density at radius 1 is 1.47 bits per heavy atom. The fraction of sp³-hybridized carbons (Fsp3) is 0.364. The molecule has 2 rings (SSSR count). The van der Waals surface area contributed by atoms with Gasteiger partial charge in [0.05, 0.1) is 23.8 Å². The van der Waals surface area contributed by atoms with Crippen LogP contribution in [0.1, 0.15) is 10.4 Å². The number of benzene rings is 1.